The van der Waals surface area contributed by atoms with E-state index in [2.05, 4.69) is 5.32 Å². The second-order valence-corrected chi connectivity index (χ2v) is 10.4. The number of carbonyl (C=O) groups excluding carboxylic acids is 3. The first-order valence-electron chi connectivity index (χ1n) is 12.4. The predicted molar refractivity (Wildman–Crippen MR) is 129 cm³/mol. The molecule has 4 bridgehead atoms. The number of halogens is 1. The van der Waals surface area contributed by atoms with Gasteiger partial charge in [-0.25, -0.2) is 9.18 Å². The van der Waals surface area contributed by atoms with Crippen LogP contribution in [-0.2, 0) is 14.3 Å². The van der Waals surface area contributed by atoms with Crippen LogP contribution in [0.4, 0.5) is 10.1 Å². The second kappa shape index (κ2) is 9.91. The molecule has 2 aromatic carbocycles. The van der Waals surface area contributed by atoms with E-state index < -0.39 is 17.7 Å². The molecule has 36 heavy (non-hydrogen) atoms. The van der Waals surface area contributed by atoms with Gasteiger partial charge >= 0.3 is 5.97 Å². The number of hydrogen-bond donors (Lipinski definition) is 1. The van der Waals surface area contributed by atoms with Gasteiger partial charge in [-0.05, 0) is 98.7 Å². The molecule has 4 saturated carbocycles. The number of carbonyl (C=O) groups is 3. The molecule has 2 aromatic rings. The molecule has 0 unspecified atom stereocenters. The van der Waals surface area contributed by atoms with Crippen LogP contribution in [0.15, 0.2) is 42.5 Å². The second-order valence-electron chi connectivity index (χ2n) is 10.4. The summed E-state index contributed by atoms with van der Waals surface area (Å²) in [5.74, 6) is 1.07. The van der Waals surface area contributed by atoms with Gasteiger partial charge in [-0.15, -0.1) is 0 Å². The van der Waals surface area contributed by atoms with Gasteiger partial charge in [-0.1, -0.05) is 0 Å². The molecule has 1 N–H and O–H groups in total. The summed E-state index contributed by atoms with van der Waals surface area (Å²) in [6.45, 7) is -0.522. The summed E-state index contributed by atoms with van der Waals surface area (Å²) in [4.78, 5) is 38.0. The Morgan fingerprint density at radius 3 is 2.17 bits per heavy atom. The third-order valence-electron chi connectivity index (χ3n) is 7.85. The van der Waals surface area contributed by atoms with Crippen molar-refractivity contribution in [2.45, 2.75) is 38.5 Å². The Morgan fingerprint density at radius 2 is 1.56 bits per heavy atom. The maximum atomic E-state index is 13.1. The molecular weight excluding hydrogens is 465 g/mol. The van der Waals surface area contributed by atoms with Crippen molar-refractivity contribution in [1.82, 2.24) is 0 Å². The van der Waals surface area contributed by atoms with Crippen LogP contribution in [0.2, 0.25) is 0 Å². The lowest BCUT2D eigenvalue weighted by atomic mass is 9.48. The third kappa shape index (κ3) is 5.08. The van der Waals surface area contributed by atoms with Crippen molar-refractivity contribution in [2.24, 2.45) is 23.2 Å². The van der Waals surface area contributed by atoms with Crippen LogP contribution in [0.1, 0.15) is 48.9 Å². The molecule has 0 aromatic heterocycles. The molecule has 0 radical (unpaired) electrons. The van der Waals surface area contributed by atoms with Crippen molar-refractivity contribution in [2.75, 3.05) is 25.6 Å². The third-order valence-corrected chi connectivity index (χ3v) is 7.85. The van der Waals surface area contributed by atoms with E-state index in [4.69, 9.17) is 14.2 Å². The fourth-order valence-electron chi connectivity index (χ4n) is 6.61. The largest absolute Gasteiger partial charge is 0.493 e. The lowest BCUT2D eigenvalue weighted by molar-refractivity contribution is -0.147. The van der Waals surface area contributed by atoms with Gasteiger partial charge < -0.3 is 19.5 Å². The van der Waals surface area contributed by atoms with Gasteiger partial charge in [-0.2, -0.15) is 0 Å². The predicted octanol–water partition coefficient (Wildman–Crippen LogP) is 4.79. The highest BCUT2D eigenvalue weighted by molar-refractivity contribution is 5.94. The average Bonchev–Trinajstić information content (AvgIpc) is 2.86. The summed E-state index contributed by atoms with van der Waals surface area (Å²) in [6, 6.07) is 9.87. The first-order chi connectivity index (χ1) is 17.3. The van der Waals surface area contributed by atoms with Gasteiger partial charge in [0.25, 0.3) is 5.91 Å². The fraction of sp³-hybridized carbons (Fsp3) is 0.464. The number of benzene rings is 2. The van der Waals surface area contributed by atoms with Crippen molar-refractivity contribution in [3.05, 3.63) is 53.8 Å². The van der Waals surface area contributed by atoms with Gasteiger partial charge in [0, 0.05) is 11.1 Å². The number of methoxy groups -OCH3 is 1. The molecule has 0 saturated heterocycles. The zero-order chi connectivity index (χ0) is 25.3. The first kappa shape index (κ1) is 24.3. The maximum Gasteiger partial charge on any atom is 0.338 e. The average molecular weight is 496 g/mol. The Kier molecular flexibility index (Phi) is 6.69. The molecule has 7 nitrogen and oxygen atoms in total. The summed E-state index contributed by atoms with van der Waals surface area (Å²) in [6.07, 6.45) is 6.54. The minimum atomic E-state index is -0.605. The Bertz CT molecular complexity index is 1130. The number of nitrogens with one attached hydrogen (secondary N) is 1. The van der Waals surface area contributed by atoms with Crippen LogP contribution < -0.4 is 14.8 Å². The smallest absolute Gasteiger partial charge is 0.338 e. The summed E-state index contributed by atoms with van der Waals surface area (Å²) < 4.78 is 29.3. The molecular formula is C28H30FNO6. The molecule has 0 atom stereocenters. The molecule has 8 heteroatoms. The van der Waals surface area contributed by atoms with E-state index in [0.29, 0.717) is 23.4 Å². The highest BCUT2D eigenvalue weighted by Crippen LogP contribution is 2.60. The van der Waals surface area contributed by atoms with Gasteiger partial charge in [0.05, 0.1) is 12.7 Å². The molecule has 4 aliphatic carbocycles. The van der Waals surface area contributed by atoms with E-state index >= 15 is 0 Å². The van der Waals surface area contributed by atoms with E-state index in [1.807, 2.05) is 0 Å². The van der Waals surface area contributed by atoms with E-state index in [0.717, 1.165) is 19.3 Å². The van der Waals surface area contributed by atoms with Crippen LogP contribution in [-0.4, -0.2) is 38.0 Å². The van der Waals surface area contributed by atoms with Gasteiger partial charge in [-0.3, -0.25) is 9.59 Å². The van der Waals surface area contributed by atoms with Crippen LogP contribution in [0.25, 0.3) is 0 Å². The number of ether oxygens (including phenoxy) is 3. The van der Waals surface area contributed by atoms with Gasteiger partial charge in [0.2, 0.25) is 0 Å². The SMILES string of the molecule is COc1cc(C(=O)OCC(=O)C23CC4CC(CC(C4)C2)C3)ccc1OCC(=O)Nc1ccc(F)cc1. The Morgan fingerprint density at radius 1 is 0.917 bits per heavy atom. The lowest BCUT2D eigenvalue weighted by Gasteiger charge is -2.55. The van der Waals surface area contributed by atoms with E-state index in [1.165, 1.54) is 68.8 Å². The zero-order valence-electron chi connectivity index (χ0n) is 20.3. The number of amides is 1. The Balaban J connectivity index is 1.15. The number of hydrogen-bond acceptors (Lipinski definition) is 6. The van der Waals surface area contributed by atoms with E-state index in [-0.39, 0.29) is 41.5 Å². The minimum Gasteiger partial charge on any atom is -0.493 e. The molecule has 1 amide bonds. The fourth-order valence-corrected chi connectivity index (χ4v) is 6.61. The molecule has 4 fully saturated rings. The normalized spacial score (nSPS) is 25.8. The van der Waals surface area contributed by atoms with E-state index in [9.17, 15) is 18.8 Å². The molecule has 0 heterocycles. The number of anilines is 1. The van der Waals surface area contributed by atoms with Crippen molar-refractivity contribution < 1.29 is 33.0 Å². The van der Waals surface area contributed by atoms with Gasteiger partial charge in [0.1, 0.15) is 5.82 Å². The Labute approximate surface area is 209 Å². The summed E-state index contributed by atoms with van der Waals surface area (Å²) in [5.41, 5.74) is 0.366. The Hall–Kier alpha value is -3.42. The minimum absolute atomic E-state index is 0.0500. The lowest BCUT2D eigenvalue weighted by Crippen LogP contribution is -2.51. The first-order valence-corrected chi connectivity index (χ1v) is 12.4. The number of esters is 1. The van der Waals surface area contributed by atoms with Crippen LogP contribution >= 0.6 is 0 Å². The topological polar surface area (TPSA) is 90.9 Å². The molecule has 0 spiro atoms. The number of rotatable bonds is 9. The number of ketones is 1. The van der Waals surface area contributed by atoms with Crippen LogP contribution in [0.5, 0.6) is 11.5 Å². The molecule has 190 valence electrons. The summed E-state index contributed by atoms with van der Waals surface area (Å²) in [7, 11) is 1.42. The van der Waals surface area contributed by atoms with Crippen molar-refractivity contribution >= 4 is 23.3 Å². The van der Waals surface area contributed by atoms with Crippen LogP contribution in [0, 0.1) is 29.0 Å². The number of Topliss-reactive ketones (excluding diaryl/α,β-unsaturated/α-hetero) is 1. The van der Waals surface area contributed by atoms with E-state index in [1.54, 1.807) is 0 Å². The monoisotopic (exact) mass is 495 g/mol. The standard InChI is InChI=1S/C28H30FNO6/c1-34-24-11-20(2-7-23(24)35-16-26(32)30-22-5-3-21(29)4-6-22)27(33)36-15-25(31)28-12-17-8-18(13-28)10-19(9-17)14-28/h2-7,11,17-19H,8-10,12-16H2,1H3,(H,30,32). The molecule has 0 aliphatic heterocycles. The van der Waals surface area contributed by atoms with Crippen LogP contribution in [0.3, 0.4) is 0 Å². The quantitative estimate of drug-likeness (QED) is 0.503. The van der Waals surface area contributed by atoms with Crippen molar-refractivity contribution in [1.29, 1.82) is 0 Å². The zero-order valence-corrected chi connectivity index (χ0v) is 20.3. The summed E-state index contributed by atoms with van der Waals surface area (Å²) >= 11 is 0. The van der Waals surface area contributed by atoms with Crippen molar-refractivity contribution in [3.8, 4) is 11.5 Å². The summed E-state index contributed by atoms with van der Waals surface area (Å²) in [5, 5.41) is 2.60. The molecule has 6 rings (SSSR count). The highest BCUT2D eigenvalue weighted by atomic mass is 19.1. The van der Waals surface area contributed by atoms with Gasteiger partial charge in [0.15, 0.2) is 30.5 Å². The molecule has 4 aliphatic rings. The van der Waals surface area contributed by atoms with Crippen molar-refractivity contribution in [3.63, 3.8) is 0 Å². The maximum absolute atomic E-state index is 13.1. The highest BCUT2D eigenvalue weighted by Gasteiger charge is 2.54.